The van der Waals surface area contributed by atoms with Gasteiger partial charge in [0.25, 0.3) is 0 Å². The fourth-order valence-electron chi connectivity index (χ4n) is 11.2. The van der Waals surface area contributed by atoms with E-state index in [2.05, 4.69) is 269 Å². The molecule has 0 radical (unpaired) electrons. The fourth-order valence-corrected chi connectivity index (χ4v) is 21.2. The standard InChI is InChI=1S/C66H46FGeN3/c67-49-32-37-56(38-33-49)71-63-29-17-16-28-59(63)61-45-57(39-42-65(61)71)69(55-35-30-48(31-36-55)47-18-6-1-7-19-47)58-40-43-66-62(46-58)60-44-53(34-41-64(60)70(66)54-26-14-5-15-27-54)68(50-20-8-2-9-21-50,51-22-10-3-11-23-51)52-24-12-4-13-25-52/h1-46H. The van der Waals surface area contributed by atoms with Crippen molar-refractivity contribution in [2.24, 2.45) is 0 Å². The number of hydrogen-bond acceptors (Lipinski definition) is 1. The van der Waals surface area contributed by atoms with Crippen LogP contribution in [-0.4, -0.2) is 22.4 Å². The third-order valence-electron chi connectivity index (χ3n) is 14.3. The third-order valence-corrected chi connectivity index (χ3v) is 24.3. The second kappa shape index (κ2) is 17.7. The van der Waals surface area contributed by atoms with Gasteiger partial charge in [-0.15, -0.1) is 0 Å². The molecule has 0 saturated heterocycles. The Bertz CT molecular complexity index is 3930. The van der Waals surface area contributed by atoms with E-state index in [0.717, 1.165) is 66.8 Å². The summed E-state index contributed by atoms with van der Waals surface area (Å²) in [6, 6.07) is 100. The van der Waals surface area contributed by atoms with Crippen LogP contribution in [-0.2, 0) is 0 Å². The molecule has 13 aromatic rings. The zero-order valence-corrected chi connectivity index (χ0v) is 40.9. The Morgan fingerprint density at radius 3 is 1.23 bits per heavy atom. The molecule has 0 bridgehead atoms. The molecule has 0 fully saturated rings. The van der Waals surface area contributed by atoms with Gasteiger partial charge >= 0.3 is 329 Å². The minimum atomic E-state index is -3.65. The van der Waals surface area contributed by atoms with Gasteiger partial charge in [-0.3, -0.25) is 0 Å². The smallest absolute Gasteiger partial charge is 0.0242 e. The van der Waals surface area contributed by atoms with Gasteiger partial charge in [-0.1, -0.05) is 42.5 Å². The van der Waals surface area contributed by atoms with Crippen LogP contribution in [0.5, 0.6) is 0 Å². The van der Waals surface area contributed by atoms with E-state index in [1.165, 1.54) is 46.1 Å². The van der Waals surface area contributed by atoms with Crippen LogP contribution in [0.2, 0.25) is 0 Å². The second-order valence-electron chi connectivity index (χ2n) is 18.2. The Kier molecular flexibility index (Phi) is 10.6. The largest absolute Gasteiger partial charge is 0.0351 e. The first-order valence-electron chi connectivity index (χ1n) is 24.2. The van der Waals surface area contributed by atoms with Crippen LogP contribution in [0, 0.1) is 5.82 Å². The molecule has 0 amide bonds. The van der Waals surface area contributed by atoms with E-state index in [1.54, 1.807) is 0 Å². The van der Waals surface area contributed by atoms with Gasteiger partial charge in [0, 0.05) is 5.69 Å². The van der Waals surface area contributed by atoms with Crippen molar-refractivity contribution in [3.63, 3.8) is 0 Å². The number of halogens is 1. The number of anilines is 3. The number of para-hydroxylation sites is 2. The quantitative estimate of drug-likeness (QED) is 0.125. The van der Waals surface area contributed by atoms with Crippen molar-refractivity contribution < 1.29 is 4.39 Å². The molecule has 0 N–H and O–H groups in total. The van der Waals surface area contributed by atoms with Crippen LogP contribution >= 0.6 is 0 Å². The van der Waals surface area contributed by atoms with Crippen molar-refractivity contribution in [2.45, 2.75) is 0 Å². The van der Waals surface area contributed by atoms with Crippen LogP contribution in [0.25, 0.3) is 66.1 Å². The van der Waals surface area contributed by atoms with E-state index >= 15 is 0 Å². The first kappa shape index (κ1) is 42.4. The van der Waals surface area contributed by atoms with Crippen molar-refractivity contribution in [1.29, 1.82) is 0 Å². The molecule has 71 heavy (non-hydrogen) atoms. The summed E-state index contributed by atoms with van der Waals surface area (Å²) in [5.41, 5.74) is 11.9. The summed E-state index contributed by atoms with van der Waals surface area (Å²) in [5.74, 6) is -0.253. The molecule has 2 aromatic heterocycles. The Morgan fingerprint density at radius 1 is 0.282 bits per heavy atom. The molecular weight excluding hydrogens is 926 g/mol. The average molecular weight is 973 g/mol. The van der Waals surface area contributed by atoms with E-state index in [0.29, 0.717) is 0 Å². The molecule has 0 saturated carbocycles. The summed E-state index contributed by atoms with van der Waals surface area (Å²) >= 11 is -3.65. The van der Waals surface area contributed by atoms with Crippen LogP contribution in [0.3, 0.4) is 0 Å². The Hall–Kier alpha value is -8.71. The van der Waals surface area contributed by atoms with Gasteiger partial charge in [0.05, 0.1) is 0 Å². The Labute approximate surface area is 414 Å². The minimum absolute atomic E-state index is 0.253. The average Bonchev–Trinajstić information content (AvgIpc) is 3.95. The molecule has 5 heteroatoms. The molecule has 2 heterocycles. The van der Waals surface area contributed by atoms with Gasteiger partial charge in [-0.2, -0.15) is 0 Å². The minimum Gasteiger partial charge on any atom is -0.0351 e. The van der Waals surface area contributed by atoms with Crippen LogP contribution < -0.4 is 22.5 Å². The summed E-state index contributed by atoms with van der Waals surface area (Å²) in [6.07, 6.45) is 0. The molecule has 0 aliphatic rings. The van der Waals surface area contributed by atoms with Crippen molar-refractivity contribution in [3.05, 3.63) is 285 Å². The first-order valence-corrected chi connectivity index (χ1v) is 28.4. The van der Waals surface area contributed by atoms with E-state index in [9.17, 15) is 4.39 Å². The number of nitrogens with zero attached hydrogens (tertiary/aromatic N) is 3. The van der Waals surface area contributed by atoms with Crippen LogP contribution in [0.1, 0.15) is 0 Å². The molecule has 0 aliphatic heterocycles. The first-order chi connectivity index (χ1) is 35.1. The maximum absolute atomic E-state index is 14.3. The predicted octanol–water partition coefficient (Wildman–Crippen LogP) is 14.5. The normalized spacial score (nSPS) is 11.7. The molecule has 13 rings (SSSR count). The van der Waals surface area contributed by atoms with Crippen molar-refractivity contribution in [2.75, 3.05) is 4.90 Å². The fraction of sp³-hybridized carbons (Fsp3) is 0. The topological polar surface area (TPSA) is 13.1 Å². The van der Waals surface area contributed by atoms with E-state index in [1.807, 2.05) is 12.1 Å². The summed E-state index contributed by atoms with van der Waals surface area (Å²) in [6.45, 7) is 0. The van der Waals surface area contributed by atoms with Gasteiger partial charge in [0.2, 0.25) is 0 Å². The third kappa shape index (κ3) is 7.18. The monoisotopic (exact) mass is 973 g/mol. The SMILES string of the molecule is Fc1ccc(-n2c3ccccc3c3cc(N(c4ccc(-c5ccccc5)cc4)c4ccc5c(c4)c4c[c]([Ge]([c]6ccccc6)([c]6ccccc6)[c]6ccccc6)ccc4n5-c4ccccc4)ccc32)cc1. The van der Waals surface area contributed by atoms with Gasteiger partial charge in [-0.05, 0) is 30.3 Å². The van der Waals surface area contributed by atoms with Gasteiger partial charge in [0.15, 0.2) is 0 Å². The molecule has 0 spiro atoms. The van der Waals surface area contributed by atoms with Crippen LogP contribution in [0.4, 0.5) is 21.5 Å². The Balaban J connectivity index is 1.07. The van der Waals surface area contributed by atoms with E-state index in [-0.39, 0.29) is 5.82 Å². The molecule has 0 aliphatic carbocycles. The van der Waals surface area contributed by atoms with Gasteiger partial charge in [0.1, 0.15) is 5.82 Å². The van der Waals surface area contributed by atoms with Gasteiger partial charge in [-0.25, -0.2) is 4.39 Å². The van der Waals surface area contributed by atoms with Gasteiger partial charge < -0.3 is 0 Å². The maximum atomic E-state index is 14.3. The number of fused-ring (bicyclic) bond motifs is 6. The zero-order chi connectivity index (χ0) is 47.3. The summed E-state index contributed by atoms with van der Waals surface area (Å²) < 4.78 is 24.5. The van der Waals surface area contributed by atoms with E-state index < -0.39 is 13.3 Å². The van der Waals surface area contributed by atoms with Crippen molar-refractivity contribution in [1.82, 2.24) is 9.13 Å². The van der Waals surface area contributed by atoms with Crippen molar-refractivity contribution >= 4 is 91.5 Å². The van der Waals surface area contributed by atoms with Crippen molar-refractivity contribution in [3.8, 4) is 22.5 Å². The summed E-state index contributed by atoms with van der Waals surface area (Å²) in [4.78, 5) is 2.40. The van der Waals surface area contributed by atoms with Crippen LogP contribution in [0.15, 0.2) is 279 Å². The zero-order valence-electron chi connectivity index (χ0n) is 38.8. The summed E-state index contributed by atoms with van der Waals surface area (Å²) in [5, 5.41) is 4.63. The second-order valence-corrected chi connectivity index (χ2v) is 26.2. The number of benzene rings is 11. The maximum Gasteiger partial charge on any atom is -0.0242 e. The number of rotatable bonds is 10. The molecule has 0 unspecified atom stereocenters. The number of hydrogen-bond donors (Lipinski definition) is 0. The molecule has 11 aromatic carbocycles. The summed E-state index contributed by atoms with van der Waals surface area (Å²) in [7, 11) is 0. The van der Waals surface area contributed by atoms with E-state index in [4.69, 9.17) is 0 Å². The molecule has 3 nitrogen and oxygen atoms in total. The molecular formula is C66H46FGeN3. The molecule has 336 valence electrons. The predicted molar refractivity (Wildman–Crippen MR) is 299 cm³/mol. The number of aromatic nitrogens is 2. The molecule has 0 atom stereocenters. The Morgan fingerprint density at radius 2 is 0.676 bits per heavy atom.